The Kier molecular flexibility index (Phi) is 4.24. The molecule has 0 amide bonds. The van der Waals surface area contributed by atoms with Gasteiger partial charge in [0, 0.05) is 25.0 Å². The van der Waals surface area contributed by atoms with Crippen molar-refractivity contribution in [1.82, 2.24) is 14.6 Å². The van der Waals surface area contributed by atoms with E-state index in [0.717, 1.165) is 4.40 Å². The first-order chi connectivity index (χ1) is 13.4. The summed E-state index contributed by atoms with van der Waals surface area (Å²) in [4.78, 5) is 0. The number of aromatic nitrogens is 3. The lowest BCUT2D eigenvalue weighted by Crippen LogP contribution is -2.15. The molecule has 4 rings (SSSR count). The van der Waals surface area contributed by atoms with Crippen LogP contribution in [0.15, 0.2) is 36.5 Å². The summed E-state index contributed by atoms with van der Waals surface area (Å²) in [5, 5.41) is 17.4. The van der Waals surface area contributed by atoms with Crippen molar-refractivity contribution >= 4 is 5.65 Å². The van der Waals surface area contributed by atoms with E-state index < -0.39 is 34.8 Å². The van der Waals surface area contributed by atoms with Gasteiger partial charge in [-0.05, 0) is 36.6 Å². The molecule has 0 saturated heterocycles. The third-order valence-corrected chi connectivity index (χ3v) is 5.22. The van der Waals surface area contributed by atoms with Crippen LogP contribution in [0.25, 0.3) is 16.8 Å². The molecule has 2 aromatic heterocycles. The summed E-state index contributed by atoms with van der Waals surface area (Å²) in [6.07, 6.45) is -3.77. The van der Waals surface area contributed by atoms with Crippen molar-refractivity contribution in [2.75, 3.05) is 0 Å². The molecule has 9 heteroatoms. The van der Waals surface area contributed by atoms with Gasteiger partial charge in [-0.1, -0.05) is 24.3 Å². The molecule has 4 nitrogen and oxygen atoms in total. The number of hydrogen-bond acceptors (Lipinski definition) is 3. The fourth-order valence-corrected chi connectivity index (χ4v) is 3.43. The monoisotopic (exact) mass is 411 g/mol. The normalized spacial score (nSPS) is 19.0. The van der Waals surface area contributed by atoms with Crippen LogP contribution in [0, 0.1) is 5.92 Å². The molecule has 1 fully saturated rings. The lowest BCUT2D eigenvalue weighted by Gasteiger charge is -2.19. The predicted molar refractivity (Wildman–Crippen MR) is 95.4 cm³/mol. The Bertz CT molecular complexity index is 1060. The Hall–Kier alpha value is -2.55. The maximum absolute atomic E-state index is 13.9. The first-order valence-corrected chi connectivity index (χ1v) is 9.03. The summed E-state index contributed by atoms with van der Waals surface area (Å²) in [5.41, 5.74) is -1.75. The van der Waals surface area contributed by atoms with Crippen LogP contribution in [0.3, 0.4) is 0 Å². The first kappa shape index (κ1) is 19.8. The molecule has 1 atom stereocenters. The van der Waals surface area contributed by atoms with Crippen LogP contribution in [0.2, 0.25) is 0 Å². The van der Waals surface area contributed by atoms with E-state index in [2.05, 4.69) is 10.2 Å². The Morgan fingerprint density at radius 2 is 1.72 bits per heavy atom. The molecule has 29 heavy (non-hydrogen) atoms. The molecule has 1 saturated carbocycles. The van der Waals surface area contributed by atoms with Gasteiger partial charge in [-0.15, -0.1) is 10.2 Å². The second-order valence-electron chi connectivity index (χ2n) is 7.91. The summed E-state index contributed by atoms with van der Waals surface area (Å²) in [6, 6.07) is 7.40. The minimum atomic E-state index is -4.72. The highest BCUT2D eigenvalue weighted by molar-refractivity contribution is 5.74. The minimum absolute atomic E-state index is 0.0802. The first-order valence-electron chi connectivity index (χ1n) is 9.03. The van der Waals surface area contributed by atoms with Gasteiger partial charge in [-0.3, -0.25) is 4.40 Å². The van der Waals surface area contributed by atoms with E-state index in [9.17, 15) is 27.1 Å². The SMILES string of the molecule is CC(C)(O)c1ccc(-c2ccn3c(CC4CC4(F)F)nnc3c2C(F)(F)F)cc1. The Morgan fingerprint density at radius 3 is 2.24 bits per heavy atom. The van der Waals surface area contributed by atoms with Crippen molar-refractivity contribution in [3.63, 3.8) is 0 Å². The van der Waals surface area contributed by atoms with E-state index in [0.29, 0.717) is 11.1 Å². The van der Waals surface area contributed by atoms with Gasteiger partial charge >= 0.3 is 6.18 Å². The number of benzene rings is 1. The third-order valence-electron chi connectivity index (χ3n) is 5.22. The van der Waals surface area contributed by atoms with Crippen molar-refractivity contribution in [2.24, 2.45) is 5.92 Å². The van der Waals surface area contributed by atoms with Crippen molar-refractivity contribution in [3.05, 3.63) is 53.5 Å². The topological polar surface area (TPSA) is 50.4 Å². The molecule has 0 bridgehead atoms. The quantitative estimate of drug-likeness (QED) is 0.625. The summed E-state index contributed by atoms with van der Waals surface area (Å²) < 4.78 is 69.2. The molecule has 1 unspecified atom stereocenters. The molecule has 1 aliphatic rings. The molecule has 2 heterocycles. The molecule has 0 radical (unpaired) electrons. The van der Waals surface area contributed by atoms with Gasteiger partial charge in [0.25, 0.3) is 5.92 Å². The molecular formula is C20H18F5N3O. The van der Waals surface area contributed by atoms with Crippen molar-refractivity contribution in [2.45, 2.75) is 44.4 Å². The number of halogens is 5. The summed E-state index contributed by atoms with van der Waals surface area (Å²) in [6.45, 7) is 3.16. The van der Waals surface area contributed by atoms with Gasteiger partial charge < -0.3 is 5.11 Å². The van der Waals surface area contributed by atoms with Gasteiger partial charge in [0.1, 0.15) is 11.4 Å². The van der Waals surface area contributed by atoms with Crippen LogP contribution in [0.5, 0.6) is 0 Å². The number of rotatable bonds is 4. The fraction of sp³-hybridized carbons (Fsp3) is 0.400. The molecule has 0 spiro atoms. The molecule has 1 aliphatic carbocycles. The standard InChI is InChI=1S/C20H18F5N3O/c1-18(2,29)12-5-3-11(4-6-12)14-7-8-28-15(9-13-10-19(13,21)22)26-27-17(28)16(14)20(23,24)25/h3-8,13,29H,9-10H2,1-2H3. The number of fused-ring (bicyclic) bond motifs is 1. The van der Waals surface area contributed by atoms with Crippen LogP contribution in [-0.4, -0.2) is 25.6 Å². The molecule has 3 aromatic rings. The number of hydrogen-bond donors (Lipinski definition) is 1. The van der Waals surface area contributed by atoms with Crippen LogP contribution < -0.4 is 0 Å². The second-order valence-corrected chi connectivity index (χ2v) is 7.91. The highest BCUT2D eigenvalue weighted by Gasteiger charge is 2.57. The summed E-state index contributed by atoms with van der Waals surface area (Å²) in [5.74, 6) is -3.63. The molecule has 1 N–H and O–H groups in total. The van der Waals surface area contributed by atoms with E-state index in [1.165, 1.54) is 24.4 Å². The van der Waals surface area contributed by atoms with Crippen LogP contribution in [-0.2, 0) is 18.2 Å². The van der Waals surface area contributed by atoms with Crippen molar-refractivity contribution in [1.29, 1.82) is 0 Å². The number of aliphatic hydroxyl groups is 1. The van der Waals surface area contributed by atoms with E-state index in [-0.39, 0.29) is 24.2 Å². The molecule has 0 aliphatic heterocycles. The van der Waals surface area contributed by atoms with Gasteiger partial charge in [-0.2, -0.15) is 13.2 Å². The van der Waals surface area contributed by atoms with Crippen LogP contribution >= 0.6 is 0 Å². The van der Waals surface area contributed by atoms with E-state index in [1.807, 2.05) is 0 Å². The van der Waals surface area contributed by atoms with Gasteiger partial charge in [0.2, 0.25) is 0 Å². The Balaban J connectivity index is 1.81. The van der Waals surface area contributed by atoms with Crippen LogP contribution in [0.4, 0.5) is 22.0 Å². The lowest BCUT2D eigenvalue weighted by molar-refractivity contribution is -0.136. The van der Waals surface area contributed by atoms with Gasteiger partial charge in [0.15, 0.2) is 5.65 Å². The smallest absolute Gasteiger partial charge is 0.386 e. The second kappa shape index (κ2) is 6.22. The van der Waals surface area contributed by atoms with Gasteiger partial charge in [0.05, 0.1) is 5.60 Å². The third kappa shape index (κ3) is 3.59. The highest BCUT2D eigenvalue weighted by Crippen LogP contribution is 2.50. The molecule has 1 aromatic carbocycles. The fourth-order valence-electron chi connectivity index (χ4n) is 3.43. The van der Waals surface area contributed by atoms with E-state index >= 15 is 0 Å². The molecule has 154 valence electrons. The number of nitrogens with zero attached hydrogens (tertiary/aromatic N) is 3. The average Bonchev–Trinajstić information content (AvgIpc) is 3.02. The van der Waals surface area contributed by atoms with Gasteiger partial charge in [-0.25, -0.2) is 8.78 Å². The van der Waals surface area contributed by atoms with Crippen LogP contribution in [0.1, 0.15) is 37.2 Å². The number of pyridine rings is 1. The van der Waals surface area contributed by atoms with Crippen molar-refractivity contribution < 1.29 is 27.1 Å². The Morgan fingerprint density at radius 1 is 1.10 bits per heavy atom. The zero-order valence-corrected chi connectivity index (χ0v) is 15.6. The zero-order valence-electron chi connectivity index (χ0n) is 15.6. The lowest BCUT2D eigenvalue weighted by atomic mass is 9.94. The number of alkyl halides is 5. The van der Waals surface area contributed by atoms with E-state index in [4.69, 9.17) is 0 Å². The van der Waals surface area contributed by atoms with Crippen molar-refractivity contribution in [3.8, 4) is 11.1 Å². The largest absolute Gasteiger partial charge is 0.420 e. The maximum atomic E-state index is 13.9. The van der Waals surface area contributed by atoms with E-state index in [1.54, 1.807) is 26.0 Å². The molecular weight excluding hydrogens is 393 g/mol. The average molecular weight is 411 g/mol. The minimum Gasteiger partial charge on any atom is -0.386 e. The predicted octanol–water partition coefficient (Wildman–Crippen LogP) is 4.84. The highest BCUT2D eigenvalue weighted by atomic mass is 19.4. The summed E-state index contributed by atoms with van der Waals surface area (Å²) >= 11 is 0. The maximum Gasteiger partial charge on any atom is 0.420 e. The Labute approximate surface area is 163 Å². The summed E-state index contributed by atoms with van der Waals surface area (Å²) in [7, 11) is 0. The zero-order chi connectivity index (χ0) is 21.2.